The Bertz CT molecular complexity index is 705. The highest BCUT2D eigenvalue weighted by atomic mass is 16.6. The first-order valence-electron chi connectivity index (χ1n) is 7.18. The van der Waals surface area contributed by atoms with Crippen LogP contribution in [0, 0.1) is 16.0 Å². The summed E-state index contributed by atoms with van der Waals surface area (Å²) >= 11 is 0. The number of rotatable bonds is 3. The molecule has 2 aromatic rings. The fourth-order valence-electron chi connectivity index (χ4n) is 2.63. The maximum absolute atomic E-state index is 12.3. The van der Waals surface area contributed by atoms with Gasteiger partial charge in [0.15, 0.2) is 5.76 Å². The van der Waals surface area contributed by atoms with Crippen molar-refractivity contribution < 1.29 is 14.1 Å². The fraction of sp³-hybridized carbons (Fsp3) is 0.312. The summed E-state index contributed by atoms with van der Waals surface area (Å²) < 4.78 is 5.62. The van der Waals surface area contributed by atoms with Crippen LogP contribution < -0.4 is 0 Å². The van der Waals surface area contributed by atoms with E-state index in [4.69, 9.17) is 4.42 Å². The Labute approximate surface area is 127 Å². The van der Waals surface area contributed by atoms with Crippen molar-refractivity contribution in [1.29, 1.82) is 0 Å². The first kappa shape index (κ1) is 14.3. The molecule has 0 radical (unpaired) electrons. The molecule has 1 aliphatic heterocycles. The van der Waals surface area contributed by atoms with Crippen LogP contribution in [-0.2, 0) is 0 Å². The van der Waals surface area contributed by atoms with E-state index in [2.05, 4.69) is 6.92 Å². The van der Waals surface area contributed by atoms with Crippen molar-refractivity contribution in [2.75, 3.05) is 13.1 Å². The first-order chi connectivity index (χ1) is 10.5. The Morgan fingerprint density at radius 2 is 2.00 bits per heavy atom. The summed E-state index contributed by atoms with van der Waals surface area (Å²) in [5.74, 6) is 1.26. The molecule has 1 fully saturated rings. The monoisotopic (exact) mass is 300 g/mol. The minimum atomic E-state index is -0.449. The van der Waals surface area contributed by atoms with Crippen LogP contribution in [0.5, 0.6) is 0 Å². The van der Waals surface area contributed by atoms with Crippen molar-refractivity contribution in [2.45, 2.75) is 13.3 Å². The highest BCUT2D eigenvalue weighted by Gasteiger charge is 2.26. The number of hydrogen-bond donors (Lipinski definition) is 0. The van der Waals surface area contributed by atoms with Crippen molar-refractivity contribution in [1.82, 2.24) is 4.90 Å². The van der Waals surface area contributed by atoms with Crippen molar-refractivity contribution >= 4 is 11.6 Å². The van der Waals surface area contributed by atoms with Gasteiger partial charge in [-0.15, -0.1) is 0 Å². The molecular formula is C16H16N2O4. The van der Waals surface area contributed by atoms with Crippen molar-refractivity contribution in [3.05, 3.63) is 52.3 Å². The molecule has 0 unspecified atom stereocenters. The van der Waals surface area contributed by atoms with E-state index in [9.17, 15) is 14.9 Å². The fourth-order valence-corrected chi connectivity index (χ4v) is 2.63. The van der Waals surface area contributed by atoms with E-state index in [0.29, 0.717) is 23.0 Å². The number of hydrogen-bond acceptors (Lipinski definition) is 4. The molecule has 2 heterocycles. The molecule has 0 spiro atoms. The Kier molecular flexibility index (Phi) is 3.66. The molecule has 6 nitrogen and oxygen atoms in total. The number of likely N-dealkylation sites (tertiary alicyclic amines) is 1. The SMILES string of the molecule is C[C@@H]1CCN(C(=O)c2ccc(-c3ccc([N+](=O)[O-])cc3)o2)C1. The average molecular weight is 300 g/mol. The molecule has 22 heavy (non-hydrogen) atoms. The molecule has 0 saturated carbocycles. The number of amides is 1. The zero-order chi connectivity index (χ0) is 15.7. The minimum Gasteiger partial charge on any atom is -0.451 e. The maximum atomic E-state index is 12.3. The van der Waals surface area contributed by atoms with Gasteiger partial charge in [0.05, 0.1) is 4.92 Å². The second-order valence-corrected chi connectivity index (χ2v) is 5.61. The number of non-ortho nitro benzene ring substituents is 1. The number of nitro groups is 1. The standard InChI is InChI=1S/C16H16N2O4/c1-11-8-9-17(10-11)16(19)15-7-6-14(22-15)12-2-4-13(5-3-12)18(20)21/h2-7,11H,8-10H2,1H3/t11-/m1/s1. The topological polar surface area (TPSA) is 76.6 Å². The number of furan rings is 1. The number of nitro benzene ring substituents is 1. The zero-order valence-corrected chi connectivity index (χ0v) is 12.2. The summed E-state index contributed by atoms with van der Waals surface area (Å²) in [6.45, 7) is 3.64. The van der Waals surface area contributed by atoms with Crippen LogP contribution in [0.3, 0.4) is 0 Å². The Morgan fingerprint density at radius 3 is 2.59 bits per heavy atom. The molecule has 3 rings (SSSR count). The van der Waals surface area contributed by atoms with E-state index in [0.717, 1.165) is 19.5 Å². The lowest BCUT2D eigenvalue weighted by Crippen LogP contribution is -2.27. The molecule has 0 aliphatic carbocycles. The van der Waals surface area contributed by atoms with Gasteiger partial charge < -0.3 is 9.32 Å². The van der Waals surface area contributed by atoms with Gasteiger partial charge in [-0.1, -0.05) is 6.92 Å². The second-order valence-electron chi connectivity index (χ2n) is 5.61. The maximum Gasteiger partial charge on any atom is 0.289 e. The highest BCUT2D eigenvalue weighted by Crippen LogP contribution is 2.26. The van der Waals surface area contributed by atoms with Gasteiger partial charge in [0.1, 0.15) is 5.76 Å². The number of carbonyl (C=O) groups excluding carboxylic acids is 1. The largest absolute Gasteiger partial charge is 0.451 e. The summed E-state index contributed by atoms with van der Waals surface area (Å²) in [5, 5.41) is 10.6. The van der Waals surface area contributed by atoms with Crippen molar-refractivity contribution in [3.63, 3.8) is 0 Å². The minimum absolute atomic E-state index is 0.0256. The molecule has 1 amide bonds. The van der Waals surface area contributed by atoms with Crippen molar-refractivity contribution in [2.24, 2.45) is 5.92 Å². The lowest BCUT2D eigenvalue weighted by molar-refractivity contribution is -0.384. The van der Waals surface area contributed by atoms with E-state index in [1.165, 1.54) is 12.1 Å². The molecule has 0 N–H and O–H groups in total. The molecular weight excluding hydrogens is 284 g/mol. The molecule has 114 valence electrons. The van der Waals surface area contributed by atoms with Crippen LogP contribution in [0.2, 0.25) is 0 Å². The van der Waals surface area contributed by atoms with Gasteiger partial charge >= 0.3 is 0 Å². The third-order valence-electron chi connectivity index (χ3n) is 3.89. The normalized spacial score (nSPS) is 17.7. The summed E-state index contributed by atoms with van der Waals surface area (Å²) in [4.78, 5) is 24.3. The number of benzene rings is 1. The number of nitrogens with zero attached hydrogens (tertiary/aromatic N) is 2. The van der Waals surface area contributed by atoms with E-state index >= 15 is 0 Å². The van der Waals surface area contributed by atoms with E-state index in [1.807, 2.05) is 0 Å². The van der Waals surface area contributed by atoms with Crippen molar-refractivity contribution in [3.8, 4) is 11.3 Å². The number of carbonyl (C=O) groups is 1. The zero-order valence-electron chi connectivity index (χ0n) is 12.2. The molecule has 1 aromatic heterocycles. The van der Waals surface area contributed by atoms with Crippen LogP contribution in [0.1, 0.15) is 23.9 Å². The molecule has 1 saturated heterocycles. The van der Waals surface area contributed by atoms with E-state index in [1.54, 1.807) is 29.2 Å². The Balaban J connectivity index is 1.78. The average Bonchev–Trinajstić information content (AvgIpc) is 3.15. The third-order valence-corrected chi connectivity index (χ3v) is 3.89. The van der Waals surface area contributed by atoms with Gasteiger partial charge in [-0.05, 0) is 36.6 Å². The Morgan fingerprint density at radius 1 is 1.27 bits per heavy atom. The van der Waals surface area contributed by atoms with Crippen LogP contribution in [0.25, 0.3) is 11.3 Å². The van der Waals surface area contributed by atoms with Crippen LogP contribution >= 0.6 is 0 Å². The van der Waals surface area contributed by atoms with Gasteiger partial charge in [0, 0.05) is 30.8 Å². The van der Waals surface area contributed by atoms with Gasteiger partial charge in [-0.2, -0.15) is 0 Å². The van der Waals surface area contributed by atoms with Gasteiger partial charge in [-0.3, -0.25) is 14.9 Å². The predicted octanol–water partition coefficient (Wildman–Crippen LogP) is 3.34. The van der Waals surface area contributed by atoms with E-state index in [-0.39, 0.29) is 11.6 Å². The summed E-state index contributed by atoms with van der Waals surface area (Å²) in [6, 6.07) is 9.44. The molecule has 6 heteroatoms. The lowest BCUT2D eigenvalue weighted by Gasteiger charge is -2.13. The summed E-state index contributed by atoms with van der Waals surface area (Å²) in [6.07, 6.45) is 1.02. The molecule has 0 bridgehead atoms. The second kappa shape index (κ2) is 5.63. The molecule has 1 aromatic carbocycles. The smallest absolute Gasteiger partial charge is 0.289 e. The highest BCUT2D eigenvalue weighted by molar-refractivity contribution is 5.92. The van der Waals surface area contributed by atoms with Gasteiger partial charge in [-0.25, -0.2) is 0 Å². The van der Waals surface area contributed by atoms with Crippen LogP contribution in [-0.4, -0.2) is 28.8 Å². The summed E-state index contributed by atoms with van der Waals surface area (Å²) in [7, 11) is 0. The van der Waals surface area contributed by atoms with E-state index < -0.39 is 4.92 Å². The molecule has 1 atom stereocenters. The predicted molar refractivity (Wildman–Crippen MR) is 80.5 cm³/mol. The van der Waals surface area contributed by atoms with Crippen LogP contribution in [0.15, 0.2) is 40.8 Å². The van der Waals surface area contributed by atoms with Crippen LogP contribution in [0.4, 0.5) is 5.69 Å². The molecule has 1 aliphatic rings. The third kappa shape index (κ3) is 2.72. The lowest BCUT2D eigenvalue weighted by atomic mass is 10.1. The van der Waals surface area contributed by atoms with Gasteiger partial charge in [0.25, 0.3) is 11.6 Å². The first-order valence-corrected chi connectivity index (χ1v) is 7.18. The van der Waals surface area contributed by atoms with Gasteiger partial charge in [0.2, 0.25) is 0 Å². The quantitative estimate of drug-likeness (QED) is 0.643. The summed E-state index contributed by atoms with van der Waals surface area (Å²) in [5.41, 5.74) is 0.733. The Hall–Kier alpha value is -2.63.